The zero-order valence-electron chi connectivity index (χ0n) is 6.54. The van der Waals surface area contributed by atoms with Crippen molar-refractivity contribution in [1.29, 1.82) is 0 Å². The van der Waals surface area contributed by atoms with Crippen LogP contribution in [0.15, 0.2) is 0 Å². The molecule has 0 aromatic heterocycles. The quantitative estimate of drug-likeness (QED) is 0.556. The van der Waals surface area contributed by atoms with Gasteiger partial charge in [0.1, 0.15) is 17.5 Å². The Morgan fingerprint density at radius 3 is 2.64 bits per heavy atom. The number of ketones is 2. The van der Waals surface area contributed by atoms with Crippen LogP contribution in [0.3, 0.4) is 0 Å². The van der Waals surface area contributed by atoms with Crippen molar-refractivity contribution < 1.29 is 14.7 Å². The lowest BCUT2D eigenvalue weighted by molar-refractivity contribution is -0.138. The van der Waals surface area contributed by atoms with E-state index in [1.54, 1.807) is 0 Å². The summed E-state index contributed by atoms with van der Waals surface area (Å²) in [5.41, 5.74) is 0. The summed E-state index contributed by atoms with van der Waals surface area (Å²) < 4.78 is 0. The van der Waals surface area contributed by atoms with E-state index < -0.39 is 12.0 Å². The molecule has 3 heteroatoms. The molecule has 1 fully saturated rings. The maximum absolute atomic E-state index is 11.1. The molecule has 0 aliphatic heterocycles. The van der Waals surface area contributed by atoms with Crippen LogP contribution in [-0.2, 0) is 9.59 Å². The van der Waals surface area contributed by atoms with Crippen LogP contribution in [0.2, 0.25) is 0 Å². The average molecular weight is 156 g/mol. The van der Waals surface area contributed by atoms with Crippen LogP contribution in [-0.4, -0.2) is 22.8 Å². The first-order chi connectivity index (χ1) is 5.13. The normalized spacial score (nSPS) is 32.0. The van der Waals surface area contributed by atoms with Gasteiger partial charge < -0.3 is 5.11 Å². The van der Waals surface area contributed by atoms with Crippen LogP contribution in [0.1, 0.15) is 26.2 Å². The summed E-state index contributed by atoms with van der Waals surface area (Å²) in [6.07, 6.45) is 1.01. The number of aliphatic hydroxyl groups is 1. The maximum Gasteiger partial charge on any atom is 0.145 e. The lowest BCUT2D eigenvalue weighted by Gasteiger charge is -2.23. The Morgan fingerprint density at radius 1 is 1.64 bits per heavy atom. The van der Waals surface area contributed by atoms with Crippen molar-refractivity contribution >= 4 is 11.6 Å². The molecular formula is C8H12O3. The van der Waals surface area contributed by atoms with Crippen LogP contribution in [0.4, 0.5) is 0 Å². The first-order valence-electron chi connectivity index (χ1n) is 3.84. The van der Waals surface area contributed by atoms with Gasteiger partial charge in [0.25, 0.3) is 0 Å². The fraction of sp³-hybridized carbons (Fsp3) is 0.750. The fourth-order valence-corrected chi connectivity index (χ4v) is 1.52. The molecule has 1 aliphatic carbocycles. The molecule has 1 saturated carbocycles. The molecule has 0 bridgehead atoms. The number of carbonyl (C=O) groups excluding carboxylic acids is 2. The fourth-order valence-electron chi connectivity index (χ4n) is 1.52. The summed E-state index contributed by atoms with van der Waals surface area (Å²) >= 11 is 0. The molecule has 3 nitrogen and oxygen atoms in total. The van der Waals surface area contributed by atoms with Gasteiger partial charge in [-0.2, -0.15) is 0 Å². The van der Waals surface area contributed by atoms with Crippen molar-refractivity contribution in [2.75, 3.05) is 0 Å². The van der Waals surface area contributed by atoms with Crippen LogP contribution >= 0.6 is 0 Å². The molecule has 0 spiro atoms. The van der Waals surface area contributed by atoms with Gasteiger partial charge in [-0.05, 0) is 19.8 Å². The predicted molar refractivity (Wildman–Crippen MR) is 39.0 cm³/mol. The monoisotopic (exact) mass is 156 g/mol. The van der Waals surface area contributed by atoms with Gasteiger partial charge in [0.05, 0.1) is 6.10 Å². The maximum atomic E-state index is 11.1. The predicted octanol–water partition coefficient (Wildman–Crippen LogP) is 0.305. The smallest absolute Gasteiger partial charge is 0.145 e. The Hall–Kier alpha value is -0.700. The van der Waals surface area contributed by atoms with Crippen LogP contribution < -0.4 is 0 Å². The van der Waals surface area contributed by atoms with Crippen molar-refractivity contribution in [2.45, 2.75) is 32.3 Å². The van der Waals surface area contributed by atoms with Gasteiger partial charge in [0.2, 0.25) is 0 Å². The zero-order valence-corrected chi connectivity index (χ0v) is 6.54. The summed E-state index contributed by atoms with van der Waals surface area (Å²) in [4.78, 5) is 21.9. The second-order valence-electron chi connectivity index (χ2n) is 3.01. The number of rotatable bonds is 1. The summed E-state index contributed by atoms with van der Waals surface area (Å²) in [5.74, 6) is -1.04. The minimum Gasteiger partial charge on any atom is -0.392 e. The molecule has 11 heavy (non-hydrogen) atoms. The lowest BCUT2D eigenvalue weighted by Crippen LogP contribution is -2.37. The van der Waals surface area contributed by atoms with Gasteiger partial charge in [0, 0.05) is 6.42 Å². The number of Topliss-reactive ketones (excluding diaryl/α,β-unsaturated/α-hetero) is 2. The molecule has 1 rings (SSSR count). The third-order valence-electron chi connectivity index (χ3n) is 2.09. The van der Waals surface area contributed by atoms with Crippen molar-refractivity contribution in [3.63, 3.8) is 0 Å². The molecular weight excluding hydrogens is 144 g/mol. The first kappa shape index (κ1) is 8.40. The standard InChI is InChI=1S/C8H12O3/c1-5(9)8-6(10)3-2-4-7(8)11/h6,8,10H,2-4H2,1H3. The molecule has 0 aromatic rings. The third-order valence-corrected chi connectivity index (χ3v) is 2.09. The van der Waals surface area contributed by atoms with E-state index in [1.807, 2.05) is 0 Å². The summed E-state index contributed by atoms with van der Waals surface area (Å²) in [5, 5.41) is 9.27. The number of hydrogen-bond donors (Lipinski definition) is 1. The molecule has 2 atom stereocenters. The minimum atomic E-state index is -0.733. The minimum absolute atomic E-state index is 0.101. The molecule has 0 amide bonds. The molecule has 0 saturated heterocycles. The van der Waals surface area contributed by atoms with Gasteiger partial charge >= 0.3 is 0 Å². The Kier molecular flexibility index (Phi) is 2.39. The number of hydrogen-bond acceptors (Lipinski definition) is 3. The molecule has 1 aliphatic rings. The average Bonchev–Trinajstić information content (AvgIpc) is 1.85. The highest BCUT2D eigenvalue weighted by molar-refractivity contribution is 6.02. The van der Waals surface area contributed by atoms with Crippen molar-refractivity contribution in [3.8, 4) is 0 Å². The van der Waals surface area contributed by atoms with Gasteiger partial charge in [-0.15, -0.1) is 0 Å². The second-order valence-corrected chi connectivity index (χ2v) is 3.01. The second kappa shape index (κ2) is 3.13. The van der Waals surface area contributed by atoms with Gasteiger partial charge in [-0.1, -0.05) is 0 Å². The third kappa shape index (κ3) is 1.66. The van der Waals surface area contributed by atoms with Gasteiger partial charge in [-0.25, -0.2) is 0 Å². The van der Waals surface area contributed by atoms with E-state index in [0.29, 0.717) is 19.3 Å². The molecule has 1 N–H and O–H groups in total. The summed E-state index contributed by atoms with van der Waals surface area (Å²) in [6, 6.07) is 0. The van der Waals surface area contributed by atoms with E-state index in [-0.39, 0.29) is 11.6 Å². The topological polar surface area (TPSA) is 54.4 Å². The largest absolute Gasteiger partial charge is 0.392 e. The Bertz CT molecular complexity index is 186. The Labute approximate surface area is 65.4 Å². The van der Waals surface area contributed by atoms with Gasteiger partial charge in [0.15, 0.2) is 0 Å². The van der Waals surface area contributed by atoms with Crippen LogP contribution in [0.5, 0.6) is 0 Å². The Morgan fingerprint density at radius 2 is 2.27 bits per heavy atom. The molecule has 62 valence electrons. The highest BCUT2D eigenvalue weighted by atomic mass is 16.3. The van der Waals surface area contributed by atoms with Crippen molar-refractivity contribution in [1.82, 2.24) is 0 Å². The van der Waals surface area contributed by atoms with Crippen LogP contribution in [0.25, 0.3) is 0 Å². The van der Waals surface area contributed by atoms with E-state index in [9.17, 15) is 14.7 Å². The van der Waals surface area contributed by atoms with Crippen LogP contribution in [0, 0.1) is 5.92 Å². The van der Waals surface area contributed by atoms with E-state index in [4.69, 9.17) is 0 Å². The number of carbonyl (C=O) groups is 2. The summed E-state index contributed by atoms with van der Waals surface area (Å²) in [6.45, 7) is 1.36. The van der Waals surface area contributed by atoms with E-state index in [1.165, 1.54) is 6.92 Å². The lowest BCUT2D eigenvalue weighted by atomic mass is 9.83. The SMILES string of the molecule is CC(=O)C1C(=O)CCCC1O. The van der Waals surface area contributed by atoms with Crippen molar-refractivity contribution in [3.05, 3.63) is 0 Å². The molecule has 0 heterocycles. The highest BCUT2D eigenvalue weighted by Crippen LogP contribution is 2.21. The van der Waals surface area contributed by atoms with E-state index >= 15 is 0 Å². The zero-order chi connectivity index (χ0) is 8.43. The van der Waals surface area contributed by atoms with Crippen molar-refractivity contribution in [2.24, 2.45) is 5.92 Å². The number of aliphatic hydroxyl groups excluding tert-OH is 1. The highest BCUT2D eigenvalue weighted by Gasteiger charge is 2.33. The van der Waals surface area contributed by atoms with Gasteiger partial charge in [-0.3, -0.25) is 9.59 Å². The summed E-state index contributed by atoms with van der Waals surface area (Å²) in [7, 11) is 0. The molecule has 2 unspecified atom stereocenters. The Balaban J connectivity index is 2.70. The van der Waals surface area contributed by atoms with E-state index in [2.05, 4.69) is 0 Å². The first-order valence-corrected chi connectivity index (χ1v) is 3.84. The molecule has 0 radical (unpaired) electrons. The molecule has 0 aromatic carbocycles. The van der Waals surface area contributed by atoms with E-state index in [0.717, 1.165) is 0 Å².